The summed E-state index contributed by atoms with van der Waals surface area (Å²) in [5, 5.41) is 26.7. The van der Waals surface area contributed by atoms with E-state index in [1.165, 1.54) is 7.11 Å². The van der Waals surface area contributed by atoms with E-state index in [0.29, 0.717) is 73.0 Å². The number of rotatable bonds is 21. The van der Waals surface area contributed by atoms with Crippen LogP contribution in [-0.4, -0.2) is 84.9 Å². The minimum absolute atomic E-state index is 0.0455. The Bertz CT molecular complexity index is 2270. The smallest absolute Gasteiger partial charge is 0.254 e. The number of aliphatic hydroxyl groups is 2. The number of carbonyl (C=O) groups excluding carboxylic acids is 2. The summed E-state index contributed by atoms with van der Waals surface area (Å²) in [4.78, 5) is 34.9. The zero-order valence-corrected chi connectivity index (χ0v) is 36.2. The maximum Gasteiger partial charge on any atom is 0.254 e. The Morgan fingerprint density at radius 1 is 0.952 bits per heavy atom. The Morgan fingerprint density at radius 3 is 2.44 bits per heavy atom. The van der Waals surface area contributed by atoms with Crippen LogP contribution in [0.1, 0.15) is 97.4 Å². The van der Waals surface area contributed by atoms with Gasteiger partial charge in [0.05, 0.1) is 30.9 Å². The third-order valence-electron chi connectivity index (χ3n) is 12.6. The monoisotopic (exact) mass is 844 g/mol. The summed E-state index contributed by atoms with van der Waals surface area (Å²) in [5.74, 6) is 0.0477. The Morgan fingerprint density at radius 2 is 1.71 bits per heavy atom. The summed E-state index contributed by atoms with van der Waals surface area (Å²) < 4.78 is 26.4. The summed E-state index contributed by atoms with van der Waals surface area (Å²) in [5.41, 5.74) is 3.59. The van der Waals surface area contributed by atoms with Crippen molar-refractivity contribution >= 4 is 28.7 Å². The number of unbranched alkanes of at least 4 members (excludes halogenated alkanes) is 2. The quantitative estimate of drug-likeness (QED) is 0.0364. The molecule has 4 aromatic rings. The number of hydrogen-bond donors (Lipinski definition) is 2. The number of allylic oxidation sites excluding steroid dienone is 1. The second kappa shape index (κ2) is 20.6. The van der Waals surface area contributed by atoms with Gasteiger partial charge in [0.25, 0.3) is 5.91 Å². The Kier molecular flexibility index (Phi) is 14.8. The predicted molar refractivity (Wildman–Crippen MR) is 240 cm³/mol. The number of benzene rings is 4. The van der Waals surface area contributed by atoms with Crippen molar-refractivity contribution in [1.82, 2.24) is 4.90 Å². The molecular weight excluding hydrogens is 785 g/mol. The molecule has 1 fully saturated rings. The second-order valence-corrected chi connectivity index (χ2v) is 16.4. The molecule has 2 aliphatic carbocycles. The molecule has 1 amide bonds. The summed E-state index contributed by atoms with van der Waals surface area (Å²) in [6, 6.07) is 24.2. The van der Waals surface area contributed by atoms with E-state index in [1.54, 1.807) is 24.3 Å². The molecule has 0 radical (unpaired) electrons. The van der Waals surface area contributed by atoms with E-state index < -0.39 is 17.7 Å². The molecule has 3 aliphatic rings. The lowest BCUT2D eigenvalue weighted by atomic mass is 9.55. The Balaban J connectivity index is 1.44. The molecule has 1 aliphatic heterocycles. The maximum absolute atomic E-state index is 15.1. The molecule has 11 heteroatoms. The number of oxime groups is 1. The molecule has 6 atom stereocenters. The number of ether oxygens (including phenoxy) is 4. The van der Waals surface area contributed by atoms with Gasteiger partial charge in [0.15, 0.2) is 6.29 Å². The molecule has 0 spiro atoms. The number of aldehydes is 1. The molecule has 0 saturated heterocycles. The fourth-order valence-corrected chi connectivity index (χ4v) is 9.99. The van der Waals surface area contributed by atoms with E-state index in [4.69, 9.17) is 28.9 Å². The van der Waals surface area contributed by atoms with Gasteiger partial charge in [-0.25, -0.2) is 0 Å². The molecule has 6 unspecified atom stereocenters. The molecule has 0 aromatic heterocycles. The minimum atomic E-state index is -1.38. The van der Waals surface area contributed by atoms with Crippen LogP contribution in [0.25, 0.3) is 10.8 Å². The highest BCUT2D eigenvalue weighted by atomic mass is 16.7. The van der Waals surface area contributed by atoms with E-state index >= 15 is 4.79 Å². The van der Waals surface area contributed by atoms with Crippen molar-refractivity contribution in [2.45, 2.75) is 83.0 Å². The number of hydrogen-bond acceptors (Lipinski definition) is 10. The number of carbonyl (C=O) groups is 2. The van der Waals surface area contributed by atoms with E-state index in [1.807, 2.05) is 72.5 Å². The molecule has 1 heterocycles. The maximum atomic E-state index is 15.1. The third kappa shape index (κ3) is 9.02. The lowest BCUT2D eigenvalue weighted by Gasteiger charge is -2.60. The van der Waals surface area contributed by atoms with Crippen molar-refractivity contribution in [3.05, 3.63) is 120 Å². The van der Waals surface area contributed by atoms with Gasteiger partial charge in [-0.05, 0) is 116 Å². The summed E-state index contributed by atoms with van der Waals surface area (Å²) in [7, 11) is 1.52. The minimum Gasteiger partial charge on any atom is -0.496 e. The molecule has 7 rings (SSSR count). The van der Waals surface area contributed by atoms with E-state index in [9.17, 15) is 15.0 Å². The molecule has 11 nitrogen and oxygen atoms in total. The molecule has 1 saturated carbocycles. The van der Waals surface area contributed by atoms with Crippen molar-refractivity contribution < 1.29 is 43.6 Å². The highest BCUT2D eigenvalue weighted by molar-refractivity contribution is 6.04. The average molecular weight is 845 g/mol. The summed E-state index contributed by atoms with van der Waals surface area (Å²) in [6.45, 7) is 9.18. The van der Waals surface area contributed by atoms with Crippen LogP contribution in [0.4, 0.5) is 0 Å². The van der Waals surface area contributed by atoms with Crippen LogP contribution in [0.2, 0.25) is 0 Å². The number of amides is 1. The van der Waals surface area contributed by atoms with Crippen molar-refractivity contribution in [2.24, 2.45) is 22.9 Å². The van der Waals surface area contributed by atoms with Crippen LogP contribution >= 0.6 is 0 Å². The van der Waals surface area contributed by atoms with Gasteiger partial charge in [0, 0.05) is 43.2 Å². The van der Waals surface area contributed by atoms with Crippen molar-refractivity contribution in [1.29, 1.82) is 0 Å². The molecule has 62 heavy (non-hydrogen) atoms. The van der Waals surface area contributed by atoms with Gasteiger partial charge >= 0.3 is 0 Å². The number of aliphatic hydroxyl groups excluding tert-OH is 2. The van der Waals surface area contributed by atoms with Crippen LogP contribution < -0.4 is 14.2 Å². The highest BCUT2D eigenvalue weighted by Crippen LogP contribution is 2.62. The lowest BCUT2D eigenvalue weighted by molar-refractivity contribution is -0.254. The first-order chi connectivity index (χ1) is 30.3. The largest absolute Gasteiger partial charge is 0.496 e. The molecule has 2 N–H and O–H groups in total. The first kappa shape index (κ1) is 44.6. The number of methoxy groups -OCH3 is 1. The van der Waals surface area contributed by atoms with Gasteiger partial charge in [0.2, 0.25) is 5.79 Å². The number of fused-ring (bicyclic) bond motifs is 3. The first-order valence-corrected chi connectivity index (χ1v) is 22.2. The van der Waals surface area contributed by atoms with Gasteiger partial charge in [-0.3, -0.25) is 9.59 Å². The molecular formula is C51H60N2O9. The second-order valence-electron chi connectivity index (χ2n) is 16.4. The fraction of sp³-hybridized carbons (Fsp3) is 0.431. The predicted octanol–water partition coefficient (Wildman–Crippen LogP) is 9.66. The van der Waals surface area contributed by atoms with Crippen LogP contribution in [0.3, 0.4) is 0 Å². The Hall–Kier alpha value is -5.49. The van der Waals surface area contributed by atoms with Crippen molar-refractivity contribution in [3.8, 4) is 23.0 Å². The van der Waals surface area contributed by atoms with E-state index in [2.05, 4.69) is 19.6 Å². The average Bonchev–Trinajstić information content (AvgIpc) is 3.30. The first-order valence-electron chi connectivity index (χ1n) is 22.2. The normalized spacial score (nSPS) is 23.1. The standard InChI is InChI=1S/C51H60N2O9/c1-5-24-53(50(57)37-19-18-34-14-8-9-15-35(34)28-37)47-32-44(52-60-7-3)42-30-36(16-10-12-25-54)41(17-11-13-26-55)48-43-31-40(61-39-20-22-45(58-4)38(29-39)33-56)21-23-46(43)62-51(47,49(42)48)59-27-6-2/h6,8-9,14-15,18-23,28-31,33,36,41,47-49,54-55H,2,5,7,10-13,16-17,24-27,32H2,1,3-4H3. The van der Waals surface area contributed by atoms with Crippen molar-refractivity contribution in [3.63, 3.8) is 0 Å². The zero-order chi connectivity index (χ0) is 43.6. The zero-order valence-electron chi connectivity index (χ0n) is 36.2. The molecule has 0 bridgehead atoms. The lowest BCUT2D eigenvalue weighted by Crippen LogP contribution is -2.70. The SMILES string of the molecule is C=CCOC12Oc3ccc(Oc4ccc(OC)c(C=O)c4)cc3C3C(CCCCO)C(CCCCO)C=C(C(=NOCC)CC1N(CCC)C(=O)c1ccc4ccccc4c1)C32. The van der Waals surface area contributed by atoms with Crippen LogP contribution in [0, 0.1) is 17.8 Å². The molecule has 328 valence electrons. The van der Waals surface area contributed by atoms with Crippen LogP contribution in [0.15, 0.2) is 108 Å². The van der Waals surface area contributed by atoms with Crippen molar-refractivity contribution in [2.75, 3.05) is 40.1 Å². The van der Waals surface area contributed by atoms with Gasteiger partial charge in [0.1, 0.15) is 35.6 Å². The van der Waals surface area contributed by atoms with Gasteiger partial charge in [-0.2, -0.15) is 0 Å². The topological polar surface area (TPSA) is 136 Å². The van der Waals surface area contributed by atoms with Gasteiger partial charge in [-0.1, -0.05) is 67.4 Å². The number of nitrogens with zero attached hydrogens (tertiary/aromatic N) is 2. The van der Waals surface area contributed by atoms with E-state index in [0.717, 1.165) is 59.6 Å². The third-order valence-corrected chi connectivity index (χ3v) is 12.6. The van der Waals surface area contributed by atoms with Gasteiger partial charge < -0.3 is 38.9 Å². The fourth-order valence-electron chi connectivity index (χ4n) is 9.99. The highest BCUT2D eigenvalue weighted by Gasteiger charge is 2.65. The van der Waals surface area contributed by atoms with Gasteiger partial charge in [-0.15, -0.1) is 6.58 Å². The summed E-state index contributed by atoms with van der Waals surface area (Å²) in [6.07, 6.45) is 10.4. The van der Waals surface area contributed by atoms with Crippen LogP contribution in [0.5, 0.6) is 23.0 Å². The van der Waals surface area contributed by atoms with Crippen LogP contribution in [-0.2, 0) is 9.57 Å². The Labute approximate surface area is 365 Å². The molecule has 4 aromatic carbocycles. The summed E-state index contributed by atoms with van der Waals surface area (Å²) >= 11 is 0. The van der Waals surface area contributed by atoms with E-state index in [-0.39, 0.29) is 43.5 Å².